The van der Waals surface area contributed by atoms with Crippen molar-refractivity contribution < 1.29 is 0 Å². The van der Waals surface area contributed by atoms with E-state index in [2.05, 4.69) is 60.7 Å². The van der Waals surface area contributed by atoms with Crippen molar-refractivity contribution in [3.63, 3.8) is 0 Å². The van der Waals surface area contributed by atoms with Gasteiger partial charge < -0.3 is 0 Å². The summed E-state index contributed by atoms with van der Waals surface area (Å²) in [4.78, 5) is 0. The molecule has 1 radical (unpaired) electrons. The van der Waals surface area contributed by atoms with Crippen LogP contribution in [0.25, 0.3) is 0 Å². The van der Waals surface area contributed by atoms with Crippen molar-refractivity contribution >= 4 is 48.0 Å². The second-order valence-electron chi connectivity index (χ2n) is 2.97. The zero-order valence-electron chi connectivity index (χ0n) is 7.76. The van der Waals surface area contributed by atoms with E-state index in [-0.39, 0.29) is 39.2 Å². The van der Waals surface area contributed by atoms with Crippen LogP contribution >= 0.6 is 24.0 Å². The smallest absolute Gasteiger partial charge is 0.117 e. The molecule has 69 valence electrons. The highest BCUT2D eigenvalue weighted by molar-refractivity contribution is 14.0. The molecule has 0 fully saturated rings. The molecule has 0 N–H and O–H groups in total. The zero-order valence-corrected chi connectivity index (χ0v) is 11.2. The van der Waals surface area contributed by atoms with E-state index in [4.69, 9.17) is 0 Å². The molecule has 2 rings (SSSR count). The average Bonchev–Trinajstić information content (AvgIpc) is 2.21. The summed E-state index contributed by atoms with van der Waals surface area (Å²) in [5, 5.41) is 0. The lowest BCUT2D eigenvalue weighted by Gasteiger charge is -1.98. The summed E-state index contributed by atoms with van der Waals surface area (Å²) < 4.78 is 2.90. The average molecular weight is 309 g/mol. The molecular formula is C12H11AlI. The van der Waals surface area contributed by atoms with Gasteiger partial charge >= 0.3 is 0 Å². The maximum absolute atomic E-state index is 2.20. The predicted molar refractivity (Wildman–Crippen MR) is 73.3 cm³/mol. The van der Waals surface area contributed by atoms with Crippen LogP contribution in [0.4, 0.5) is 0 Å². The molecule has 2 heteroatoms. The molecule has 0 aliphatic heterocycles. The normalized spacial score (nSPS) is 8.86. The molecule has 0 nitrogen and oxygen atoms in total. The highest BCUT2D eigenvalue weighted by Gasteiger charge is 1.96. The Morgan fingerprint density at radius 1 is 0.571 bits per heavy atom. The van der Waals surface area contributed by atoms with E-state index >= 15 is 0 Å². The van der Waals surface area contributed by atoms with Gasteiger partial charge in [-0.3, -0.25) is 0 Å². The molecule has 0 amide bonds. The van der Waals surface area contributed by atoms with Crippen molar-refractivity contribution in [1.82, 2.24) is 0 Å². The van der Waals surface area contributed by atoms with E-state index in [9.17, 15) is 0 Å². The van der Waals surface area contributed by atoms with Crippen LogP contribution in [0.2, 0.25) is 0 Å². The molecule has 2 aromatic carbocycles. The maximum Gasteiger partial charge on any atom is 0.298 e. The fourth-order valence-corrected chi connectivity index (χ4v) is 2.51. The maximum atomic E-state index is 2.20. The van der Waals surface area contributed by atoms with Crippen molar-refractivity contribution in [2.45, 2.75) is 0 Å². The Bertz CT molecular complexity index is 321. The molecule has 14 heavy (non-hydrogen) atoms. The van der Waals surface area contributed by atoms with E-state index in [0.29, 0.717) is 0 Å². The SMILES string of the molecule is I.c1cc[c]([Al][c]2ccccc2)cc1. The topological polar surface area (TPSA) is 0 Å². The summed E-state index contributed by atoms with van der Waals surface area (Å²) in [7, 11) is 0. The lowest BCUT2D eigenvalue weighted by atomic mass is 10.4. The first-order valence-electron chi connectivity index (χ1n) is 4.40. The molecule has 0 saturated carbocycles. The van der Waals surface area contributed by atoms with E-state index in [0.717, 1.165) is 0 Å². The van der Waals surface area contributed by atoms with Gasteiger partial charge in [0, 0.05) is 0 Å². The lowest BCUT2D eigenvalue weighted by Crippen LogP contribution is -2.26. The summed E-state index contributed by atoms with van der Waals surface area (Å²) in [5.41, 5.74) is 0. The minimum atomic E-state index is 0. The van der Waals surface area contributed by atoms with Gasteiger partial charge in [0.15, 0.2) is 0 Å². The molecule has 2 aromatic rings. The van der Waals surface area contributed by atoms with Crippen LogP contribution in [0.3, 0.4) is 0 Å². The van der Waals surface area contributed by atoms with Crippen molar-refractivity contribution in [3.8, 4) is 0 Å². The van der Waals surface area contributed by atoms with Crippen LogP contribution < -0.4 is 8.85 Å². The van der Waals surface area contributed by atoms with Crippen molar-refractivity contribution in [2.75, 3.05) is 0 Å². The third-order valence-electron chi connectivity index (χ3n) is 1.93. The van der Waals surface area contributed by atoms with Crippen LogP contribution in [-0.4, -0.2) is 15.2 Å². The van der Waals surface area contributed by atoms with Gasteiger partial charge in [0.1, 0.15) is 0 Å². The highest BCUT2D eigenvalue weighted by Crippen LogP contribution is 1.84. The molecule has 0 atom stereocenters. The third-order valence-corrected chi connectivity index (χ3v) is 3.37. The molecule has 0 spiro atoms. The monoisotopic (exact) mass is 309 g/mol. The molecule has 0 unspecified atom stereocenters. The summed E-state index contributed by atoms with van der Waals surface area (Å²) in [5.74, 6) is 0. The second-order valence-corrected chi connectivity index (χ2v) is 4.59. The van der Waals surface area contributed by atoms with Gasteiger partial charge in [0.05, 0.1) is 0 Å². The van der Waals surface area contributed by atoms with E-state index < -0.39 is 0 Å². The van der Waals surface area contributed by atoms with Crippen LogP contribution in [0.5, 0.6) is 0 Å². The number of benzene rings is 2. The zero-order chi connectivity index (χ0) is 8.93. The number of hydrogen-bond donors (Lipinski definition) is 0. The van der Waals surface area contributed by atoms with Crippen molar-refractivity contribution in [1.29, 1.82) is 0 Å². The summed E-state index contributed by atoms with van der Waals surface area (Å²) in [6, 6.07) is 21.3. The van der Waals surface area contributed by atoms with Gasteiger partial charge in [-0.25, -0.2) is 0 Å². The Morgan fingerprint density at radius 2 is 0.929 bits per heavy atom. The molecular weight excluding hydrogens is 298 g/mol. The summed E-state index contributed by atoms with van der Waals surface area (Å²) in [6.07, 6.45) is 0. The van der Waals surface area contributed by atoms with E-state index in [1.165, 1.54) is 8.85 Å². The minimum absolute atomic E-state index is 0. The van der Waals surface area contributed by atoms with Crippen LogP contribution in [0.1, 0.15) is 0 Å². The van der Waals surface area contributed by atoms with Gasteiger partial charge in [0.2, 0.25) is 0 Å². The van der Waals surface area contributed by atoms with Gasteiger partial charge in [-0.15, -0.1) is 32.8 Å². The second kappa shape index (κ2) is 6.24. The highest BCUT2D eigenvalue weighted by atomic mass is 127. The number of rotatable bonds is 2. The van der Waals surface area contributed by atoms with Crippen molar-refractivity contribution in [3.05, 3.63) is 60.7 Å². The van der Waals surface area contributed by atoms with E-state index in [1.807, 2.05) is 0 Å². The molecule has 0 saturated heterocycles. The van der Waals surface area contributed by atoms with Crippen LogP contribution in [0.15, 0.2) is 60.7 Å². The van der Waals surface area contributed by atoms with Gasteiger partial charge in [-0.2, -0.15) is 0 Å². The predicted octanol–water partition coefficient (Wildman–Crippen LogP) is 1.96. The lowest BCUT2D eigenvalue weighted by molar-refractivity contribution is 1.75. The number of halogens is 1. The number of hydrogen-bond acceptors (Lipinski definition) is 0. The first-order valence-corrected chi connectivity index (χ1v) is 5.55. The Morgan fingerprint density at radius 3 is 1.29 bits per heavy atom. The van der Waals surface area contributed by atoms with E-state index in [1.54, 1.807) is 0 Å². The fourth-order valence-electron chi connectivity index (χ4n) is 1.29. The van der Waals surface area contributed by atoms with Crippen molar-refractivity contribution in [2.24, 2.45) is 0 Å². The molecule has 0 aliphatic carbocycles. The largest absolute Gasteiger partial charge is 0.298 e. The Kier molecular flexibility index (Phi) is 5.24. The first-order chi connectivity index (χ1) is 6.45. The third kappa shape index (κ3) is 3.45. The molecule has 0 bridgehead atoms. The van der Waals surface area contributed by atoms with Gasteiger partial charge in [0.25, 0.3) is 15.2 Å². The fraction of sp³-hybridized carbons (Fsp3) is 0. The molecule has 0 aliphatic rings. The van der Waals surface area contributed by atoms with Crippen LogP contribution in [-0.2, 0) is 0 Å². The summed E-state index contributed by atoms with van der Waals surface area (Å²) in [6.45, 7) is 0. The van der Waals surface area contributed by atoms with Gasteiger partial charge in [-0.05, 0) is 0 Å². The minimum Gasteiger partial charge on any atom is -0.117 e. The molecule has 0 heterocycles. The molecule has 0 aromatic heterocycles. The Hall–Kier alpha value is -0.298. The Balaban J connectivity index is 0.000000980. The van der Waals surface area contributed by atoms with Crippen LogP contribution in [0, 0.1) is 0 Å². The van der Waals surface area contributed by atoms with Gasteiger partial charge in [-0.1, -0.05) is 60.7 Å². The Labute approximate surface area is 108 Å². The quantitative estimate of drug-likeness (QED) is 0.588. The summed E-state index contributed by atoms with van der Waals surface area (Å²) >= 11 is 0.271. The standard InChI is InChI=1S/2C6H5.Al.HI/c2*1-2-4-6-5-3-1;;/h2*1-5H;;1H. The first kappa shape index (κ1) is 11.8.